The van der Waals surface area contributed by atoms with Crippen LogP contribution in [0.3, 0.4) is 0 Å². The van der Waals surface area contributed by atoms with Crippen LogP contribution in [0.4, 0.5) is 11.5 Å². The second kappa shape index (κ2) is 7.21. The first-order valence-electron chi connectivity index (χ1n) is 9.93. The average Bonchev–Trinajstić information content (AvgIpc) is 3.09. The van der Waals surface area contributed by atoms with E-state index in [4.69, 9.17) is 16.4 Å². The van der Waals surface area contributed by atoms with Gasteiger partial charge in [0.2, 0.25) is 5.75 Å². The van der Waals surface area contributed by atoms with Crippen molar-refractivity contribution >= 4 is 44.9 Å². The molecule has 3 heterocycles. The maximum atomic E-state index is 6.50. The number of piperidine rings is 1. The van der Waals surface area contributed by atoms with E-state index in [0.717, 1.165) is 52.2 Å². The van der Waals surface area contributed by atoms with Gasteiger partial charge in [-0.05, 0) is 36.8 Å². The van der Waals surface area contributed by atoms with E-state index in [9.17, 15) is 0 Å². The minimum atomic E-state index is 0.582. The summed E-state index contributed by atoms with van der Waals surface area (Å²) in [7, 11) is 2.15. The topological polar surface area (TPSA) is 62.8 Å². The molecule has 2 aromatic heterocycles. The molecule has 0 saturated carbocycles. The number of hydrogen-bond donors (Lipinski definition) is 2. The zero-order valence-corrected chi connectivity index (χ0v) is 17.0. The van der Waals surface area contributed by atoms with Gasteiger partial charge in [-0.1, -0.05) is 17.7 Å². The maximum absolute atomic E-state index is 6.50. The largest absolute Gasteiger partial charge is 0.360 e. The van der Waals surface area contributed by atoms with Gasteiger partial charge in [0.1, 0.15) is 32.3 Å². The molecule has 29 heavy (non-hydrogen) atoms. The van der Waals surface area contributed by atoms with E-state index in [2.05, 4.69) is 27.3 Å². The van der Waals surface area contributed by atoms with Crippen molar-refractivity contribution in [3.8, 4) is 5.75 Å². The third-order valence-electron chi connectivity index (χ3n) is 5.60. The SMILES string of the molecule is C[N+]1(Oc2cccc3ncnc(Nc4ccc5[nH]cc(Cl)c5c4)c23)CCCCC1. The van der Waals surface area contributed by atoms with Gasteiger partial charge < -0.3 is 15.1 Å². The molecule has 0 atom stereocenters. The van der Waals surface area contributed by atoms with E-state index in [-0.39, 0.29) is 0 Å². The first-order chi connectivity index (χ1) is 14.1. The number of fused-ring (bicyclic) bond motifs is 2. The van der Waals surface area contributed by atoms with Gasteiger partial charge in [0, 0.05) is 35.6 Å². The molecule has 4 aromatic rings. The van der Waals surface area contributed by atoms with Gasteiger partial charge in [0.25, 0.3) is 0 Å². The van der Waals surface area contributed by atoms with Crippen molar-refractivity contribution < 1.29 is 9.48 Å². The lowest BCUT2D eigenvalue weighted by Gasteiger charge is -2.35. The molecular formula is C22H23ClN5O+. The second-order valence-electron chi connectivity index (χ2n) is 7.79. The highest BCUT2D eigenvalue weighted by atomic mass is 35.5. The summed E-state index contributed by atoms with van der Waals surface area (Å²) < 4.78 is 0.582. The predicted octanol–water partition coefficient (Wildman–Crippen LogP) is 5.43. The number of anilines is 2. The molecule has 148 valence electrons. The molecule has 7 heteroatoms. The van der Waals surface area contributed by atoms with Crippen LogP contribution in [0.1, 0.15) is 19.3 Å². The Bertz CT molecular complexity index is 1180. The number of aromatic amines is 1. The Labute approximate surface area is 174 Å². The lowest BCUT2D eigenvalue weighted by molar-refractivity contribution is -1.07. The summed E-state index contributed by atoms with van der Waals surface area (Å²) in [5, 5.41) is 5.99. The Hall–Kier alpha value is -2.83. The lowest BCUT2D eigenvalue weighted by atomic mass is 10.1. The van der Waals surface area contributed by atoms with Crippen LogP contribution in [0.15, 0.2) is 48.9 Å². The molecule has 1 aliphatic heterocycles. The van der Waals surface area contributed by atoms with Gasteiger partial charge in [-0.3, -0.25) is 0 Å². The number of aromatic nitrogens is 3. The minimum absolute atomic E-state index is 0.582. The van der Waals surface area contributed by atoms with E-state index in [1.54, 1.807) is 12.5 Å². The number of halogens is 1. The van der Waals surface area contributed by atoms with Crippen LogP contribution < -0.4 is 10.2 Å². The summed E-state index contributed by atoms with van der Waals surface area (Å²) in [5.41, 5.74) is 2.76. The summed E-state index contributed by atoms with van der Waals surface area (Å²) in [5.74, 6) is 1.52. The van der Waals surface area contributed by atoms with E-state index in [1.165, 1.54) is 19.3 Å². The van der Waals surface area contributed by atoms with Crippen LogP contribution in [0.5, 0.6) is 5.75 Å². The van der Waals surface area contributed by atoms with Crippen molar-refractivity contribution in [1.29, 1.82) is 0 Å². The van der Waals surface area contributed by atoms with Crippen LogP contribution in [0.25, 0.3) is 21.8 Å². The Morgan fingerprint density at radius 3 is 2.83 bits per heavy atom. The number of hydrogen-bond acceptors (Lipinski definition) is 4. The molecule has 0 aliphatic carbocycles. The molecule has 0 spiro atoms. The predicted molar refractivity (Wildman–Crippen MR) is 117 cm³/mol. The molecule has 1 saturated heterocycles. The molecule has 0 radical (unpaired) electrons. The van der Waals surface area contributed by atoms with Crippen LogP contribution in [-0.4, -0.2) is 39.7 Å². The number of likely N-dealkylation sites (tertiary alicyclic amines) is 1. The number of nitrogens with one attached hydrogen (secondary N) is 2. The lowest BCUT2D eigenvalue weighted by Crippen LogP contribution is -2.50. The molecule has 6 nitrogen and oxygen atoms in total. The highest BCUT2D eigenvalue weighted by Crippen LogP contribution is 2.34. The van der Waals surface area contributed by atoms with Crippen LogP contribution in [-0.2, 0) is 0 Å². The average molecular weight is 409 g/mol. The molecule has 1 aliphatic rings. The molecular weight excluding hydrogens is 386 g/mol. The number of H-pyrrole nitrogens is 1. The van der Waals surface area contributed by atoms with Gasteiger partial charge >= 0.3 is 0 Å². The van der Waals surface area contributed by atoms with E-state index in [1.807, 2.05) is 36.4 Å². The fourth-order valence-corrected chi connectivity index (χ4v) is 4.27. The first-order valence-corrected chi connectivity index (χ1v) is 10.3. The number of quaternary nitrogens is 1. The molecule has 0 amide bonds. The zero-order valence-electron chi connectivity index (χ0n) is 16.3. The van der Waals surface area contributed by atoms with Crippen LogP contribution >= 0.6 is 11.6 Å². The molecule has 2 N–H and O–H groups in total. The standard InChI is InChI=1S/C22H23ClN5O/c1-28(10-3-2-4-11-28)29-20-7-5-6-19-21(20)22(26-14-25-19)27-15-8-9-18-16(12-15)17(23)13-24-18/h5-9,12-14,24H,2-4,10-11H2,1H3,(H,25,26,27)/q+1. The molecule has 1 fully saturated rings. The fourth-order valence-electron chi connectivity index (χ4n) is 4.06. The summed E-state index contributed by atoms with van der Waals surface area (Å²) in [6.07, 6.45) is 7.01. The van der Waals surface area contributed by atoms with Gasteiger partial charge in [-0.2, -0.15) is 0 Å². The number of nitrogens with zero attached hydrogens (tertiary/aromatic N) is 3. The maximum Gasteiger partial charge on any atom is 0.203 e. The van der Waals surface area contributed by atoms with Crippen LogP contribution in [0.2, 0.25) is 5.02 Å². The molecule has 0 unspecified atom stereocenters. The van der Waals surface area contributed by atoms with Crippen molar-refractivity contribution in [1.82, 2.24) is 15.0 Å². The van der Waals surface area contributed by atoms with Crippen molar-refractivity contribution in [2.24, 2.45) is 0 Å². The highest BCUT2D eigenvalue weighted by Gasteiger charge is 2.29. The Morgan fingerprint density at radius 2 is 1.97 bits per heavy atom. The van der Waals surface area contributed by atoms with Crippen molar-refractivity contribution in [3.63, 3.8) is 0 Å². The highest BCUT2D eigenvalue weighted by molar-refractivity contribution is 6.35. The van der Waals surface area contributed by atoms with E-state index < -0.39 is 0 Å². The summed E-state index contributed by atoms with van der Waals surface area (Å²) in [6.45, 7) is 2.02. The van der Waals surface area contributed by atoms with Crippen molar-refractivity contribution in [2.45, 2.75) is 19.3 Å². The summed E-state index contributed by atoms with van der Waals surface area (Å²) >= 11 is 6.28. The van der Waals surface area contributed by atoms with Crippen molar-refractivity contribution in [3.05, 3.63) is 53.9 Å². The quantitative estimate of drug-likeness (QED) is 0.442. The van der Waals surface area contributed by atoms with Crippen LogP contribution in [0, 0.1) is 0 Å². The van der Waals surface area contributed by atoms with Gasteiger partial charge in [0.15, 0.2) is 0 Å². The molecule has 2 aromatic carbocycles. The summed E-state index contributed by atoms with van der Waals surface area (Å²) in [6, 6.07) is 12.0. The number of rotatable bonds is 4. The van der Waals surface area contributed by atoms with Gasteiger partial charge in [0.05, 0.1) is 15.9 Å². The monoisotopic (exact) mass is 408 g/mol. The van der Waals surface area contributed by atoms with E-state index >= 15 is 0 Å². The normalized spacial score (nSPS) is 16.2. The Balaban J connectivity index is 1.55. The zero-order chi connectivity index (χ0) is 19.8. The minimum Gasteiger partial charge on any atom is -0.360 e. The smallest absolute Gasteiger partial charge is 0.203 e. The first kappa shape index (κ1) is 18.2. The fraction of sp³-hybridized carbons (Fsp3) is 0.273. The Kier molecular flexibility index (Phi) is 4.53. The second-order valence-corrected chi connectivity index (χ2v) is 8.20. The molecule has 5 rings (SSSR count). The van der Waals surface area contributed by atoms with E-state index in [0.29, 0.717) is 9.67 Å². The Morgan fingerprint density at radius 1 is 1.10 bits per heavy atom. The number of benzene rings is 2. The van der Waals surface area contributed by atoms with Gasteiger partial charge in [-0.25, -0.2) is 9.97 Å². The van der Waals surface area contributed by atoms with Crippen molar-refractivity contribution in [2.75, 3.05) is 25.5 Å². The third kappa shape index (κ3) is 3.50. The summed E-state index contributed by atoms with van der Waals surface area (Å²) in [4.78, 5) is 18.6. The van der Waals surface area contributed by atoms with Gasteiger partial charge in [-0.15, -0.1) is 4.65 Å². The number of hydroxylamine groups is 3. The molecule has 0 bridgehead atoms. The third-order valence-corrected chi connectivity index (χ3v) is 5.91.